The van der Waals surface area contributed by atoms with E-state index < -0.39 is 0 Å². The van der Waals surface area contributed by atoms with Crippen LogP contribution in [0.2, 0.25) is 5.02 Å². The number of nitrogens with two attached hydrogens (primary N) is 1. The van der Waals surface area contributed by atoms with E-state index >= 15 is 0 Å². The second-order valence-electron chi connectivity index (χ2n) is 4.45. The van der Waals surface area contributed by atoms with Gasteiger partial charge in [-0.2, -0.15) is 0 Å². The Kier molecular flexibility index (Phi) is 3.77. The average Bonchev–Trinajstić information content (AvgIpc) is 2.89. The fraction of sp³-hybridized carbons (Fsp3) is 0. The van der Waals surface area contributed by atoms with Gasteiger partial charge in [0, 0.05) is 26.4 Å². The first-order valence-corrected chi connectivity index (χ1v) is 7.40. The van der Waals surface area contributed by atoms with Gasteiger partial charge in [-0.25, -0.2) is 0 Å². The van der Waals surface area contributed by atoms with Crippen LogP contribution in [-0.4, -0.2) is 16.0 Å². The summed E-state index contributed by atoms with van der Waals surface area (Å²) in [5.41, 5.74) is 7.41. The number of rotatable bonds is 3. The highest BCUT2D eigenvalue weighted by Gasteiger charge is 2.11. The van der Waals surface area contributed by atoms with Gasteiger partial charge in [0.1, 0.15) is 0 Å². The maximum Gasteiger partial charge on any atom is 0.171 e. The van der Waals surface area contributed by atoms with E-state index in [-0.39, 0.29) is 5.84 Å². The molecule has 21 heavy (non-hydrogen) atoms. The number of oxime groups is 1. The second kappa shape index (κ2) is 5.71. The molecule has 0 aliphatic carbocycles. The molecule has 0 saturated heterocycles. The predicted molar refractivity (Wildman–Crippen MR) is 86.4 cm³/mol. The number of nitrogens with zero attached hydrogens (tertiary/aromatic N) is 1. The zero-order valence-corrected chi connectivity index (χ0v) is 12.4. The molecule has 3 aromatic rings. The Balaban J connectivity index is 2.02. The number of hydrogen-bond donors (Lipinski definition) is 3. The summed E-state index contributed by atoms with van der Waals surface area (Å²) in [4.78, 5) is 4.15. The van der Waals surface area contributed by atoms with Crippen molar-refractivity contribution >= 4 is 40.1 Å². The van der Waals surface area contributed by atoms with Crippen LogP contribution in [0.3, 0.4) is 0 Å². The Labute approximate surface area is 130 Å². The maximum atomic E-state index is 8.88. The Morgan fingerprint density at radius 1 is 1.19 bits per heavy atom. The normalized spacial score (nSPS) is 12.0. The molecule has 0 unspecified atom stereocenters. The summed E-state index contributed by atoms with van der Waals surface area (Å²) < 4.78 is 0. The minimum absolute atomic E-state index is 0.0604. The van der Waals surface area contributed by atoms with Crippen LogP contribution in [-0.2, 0) is 0 Å². The third-order valence-corrected chi connectivity index (χ3v) is 4.29. The Hall–Kier alpha value is -2.11. The molecule has 0 bridgehead atoms. The van der Waals surface area contributed by atoms with Gasteiger partial charge in [0.2, 0.25) is 0 Å². The molecule has 0 fully saturated rings. The molecule has 106 valence electrons. The van der Waals surface area contributed by atoms with Crippen LogP contribution < -0.4 is 5.73 Å². The molecule has 2 aromatic carbocycles. The van der Waals surface area contributed by atoms with E-state index in [9.17, 15) is 0 Å². The Morgan fingerprint density at radius 2 is 2.00 bits per heavy atom. The first-order valence-electron chi connectivity index (χ1n) is 6.20. The summed E-state index contributed by atoms with van der Waals surface area (Å²) in [6, 6.07) is 15.3. The number of halogens is 1. The molecular weight excluding hydrogens is 306 g/mol. The number of hydrogen-bond acceptors (Lipinski definition) is 3. The van der Waals surface area contributed by atoms with Gasteiger partial charge in [-0.05, 0) is 30.3 Å². The van der Waals surface area contributed by atoms with Crippen molar-refractivity contribution in [2.24, 2.45) is 10.9 Å². The number of fused-ring (bicyclic) bond motifs is 1. The van der Waals surface area contributed by atoms with E-state index in [0.717, 1.165) is 20.8 Å². The van der Waals surface area contributed by atoms with Crippen LogP contribution in [0.1, 0.15) is 5.56 Å². The van der Waals surface area contributed by atoms with Gasteiger partial charge in [0.15, 0.2) is 5.84 Å². The average molecular weight is 318 g/mol. The summed E-state index contributed by atoms with van der Waals surface area (Å²) in [7, 11) is 0. The molecule has 0 saturated carbocycles. The minimum atomic E-state index is 0.0604. The van der Waals surface area contributed by atoms with E-state index in [1.54, 1.807) is 18.2 Å². The summed E-state index contributed by atoms with van der Waals surface area (Å²) in [5.74, 6) is 0.0604. The highest BCUT2D eigenvalue weighted by atomic mass is 35.5. The summed E-state index contributed by atoms with van der Waals surface area (Å²) in [6.45, 7) is 0. The fourth-order valence-electron chi connectivity index (χ4n) is 2.07. The molecule has 0 atom stereocenters. The fourth-order valence-corrected chi connectivity index (χ4v) is 3.36. The number of para-hydroxylation sites is 1. The summed E-state index contributed by atoms with van der Waals surface area (Å²) >= 11 is 7.53. The zero-order chi connectivity index (χ0) is 14.8. The van der Waals surface area contributed by atoms with Crippen molar-refractivity contribution < 1.29 is 5.21 Å². The second-order valence-corrected chi connectivity index (χ2v) is 5.97. The molecule has 4 nitrogen and oxygen atoms in total. The molecule has 3 rings (SSSR count). The van der Waals surface area contributed by atoms with E-state index in [4.69, 9.17) is 22.5 Å². The number of aromatic nitrogens is 1. The highest BCUT2D eigenvalue weighted by molar-refractivity contribution is 7.99. The zero-order valence-electron chi connectivity index (χ0n) is 10.9. The number of nitrogens with one attached hydrogen (secondary N) is 1. The molecule has 4 N–H and O–H groups in total. The van der Waals surface area contributed by atoms with E-state index in [2.05, 4.69) is 16.2 Å². The number of aromatic amines is 1. The number of H-pyrrole nitrogens is 1. The quantitative estimate of drug-likeness (QED) is 0.295. The van der Waals surface area contributed by atoms with Crippen LogP contribution in [0.5, 0.6) is 0 Å². The smallest absolute Gasteiger partial charge is 0.171 e. The molecule has 0 spiro atoms. The van der Waals surface area contributed by atoms with E-state index in [1.807, 2.05) is 24.3 Å². The van der Waals surface area contributed by atoms with Gasteiger partial charge in [-0.3, -0.25) is 0 Å². The van der Waals surface area contributed by atoms with Crippen LogP contribution in [0.15, 0.2) is 63.6 Å². The lowest BCUT2D eigenvalue weighted by Gasteiger charge is -2.07. The van der Waals surface area contributed by atoms with Gasteiger partial charge in [0.25, 0.3) is 0 Å². The molecule has 0 radical (unpaired) electrons. The summed E-state index contributed by atoms with van der Waals surface area (Å²) in [6.07, 6.45) is 0. The third kappa shape index (κ3) is 2.84. The Bertz CT molecular complexity index is 796. The topological polar surface area (TPSA) is 74.4 Å². The van der Waals surface area contributed by atoms with E-state index in [1.165, 1.54) is 11.8 Å². The van der Waals surface area contributed by atoms with E-state index in [0.29, 0.717) is 10.6 Å². The standard InChI is InChI=1S/C15H12ClN3OS/c16-10-5-6-11(15(17)19-20)13(8-10)21-14-7-9-3-1-2-4-12(9)18-14/h1-8,18,20H,(H2,17,19). The first-order chi connectivity index (χ1) is 10.2. The minimum Gasteiger partial charge on any atom is -0.409 e. The molecule has 1 heterocycles. The molecule has 0 aliphatic heterocycles. The van der Waals surface area contributed by atoms with Crippen LogP contribution >= 0.6 is 23.4 Å². The maximum absolute atomic E-state index is 8.88. The summed E-state index contributed by atoms with van der Waals surface area (Å²) in [5, 5.41) is 14.6. The molecule has 6 heteroatoms. The lowest BCUT2D eigenvalue weighted by atomic mass is 10.2. The van der Waals surface area contributed by atoms with Crippen molar-refractivity contribution in [3.63, 3.8) is 0 Å². The van der Waals surface area contributed by atoms with Crippen molar-refractivity contribution in [3.8, 4) is 0 Å². The largest absolute Gasteiger partial charge is 0.409 e. The lowest BCUT2D eigenvalue weighted by Crippen LogP contribution is -2.14. The van der Waals surface area contributed by atoms with Gasteiger partial charge in [-0.1, -0.05) is 46.7 Å². The molecule has 0 aliphatic rings. The van der Waals surface area contributed by atoms with Gasteiger partial charge in [0.05, 0.1) is 5.03 Å². The first kappa shape index (κ1) is 13.9. The van der Waals surface area contributed by atoms with Crippen LogP contribution in [0.4, 0.5) is 0 Å². The Morgan fingerprint density at radius 3 is 2.76 bits per heavy atom. The van der Waals surface area contributed by atoms with Crippen molar-refractivity contribution in [1.29, 1.82) is 0 Å². The lowest BCUT2D eigenvalue weighted by molar-refractivity contribution is 0.318. The number of amidine groups is 1. The van der Waals surface area contributed by atoms with Gasteiger partial charge in [-0.15, -0.1) is 0 Å². The SMILES string of the molecule is N/C(=N/O)c1ccc(Cl)cc1Sc1cc2ccccc2[nH]1. The van der Waals surface area contributed by atoms with Crippen LogP contribution in [0.25, 0.3) is 10.9 Å². The molecular formula is C15H12ClN3OS. The monoisotopic (exact) mass is 317 g/mol. The molecule has 1 aromatic heterocycles. The van der Waals surface area contributed by atoms with Crippen molar-refractivity contribution in [3.05, 3.63) is 59.1 Å². The van der Waals surface area contributed by atoms with Crippen molar-refractivity contribution in [2.45, 2.75) is 9.92 Å². The predicted octanol–water partition coefficient (Wildman–Crippen LogP) is 4.07. The third-order valence-electron chi connectivity index (χ3n) is 3.05. The molecule has 0 amide bonds. The van der Waals surface area contributed by atoms with Gasteiger partial charge < -0.3 is 15.9 Å². The van der Waals surface area contributed by atoms with Gasteiger partial charge >= 0.3 is 0 Å². The highest BCUT2D eigenvalue weighted by Crippen LogP contribution is 2.33. The van der Waals surface area contributed by atoms with Crippen molar-refractivity contribution in [2.75, 3.05) is 0 Å². The van der Waals surface area contributed by atoms with Crippen LogP contribution in [0, 0.1) is 0 Å². The van der Waals surface area contributed by atoms with Crippen molar-refractivity contribution in [1.82, 2.24) is 4.98 Å². The number of benzene rings is 2.